The van der Waals surface area contributed by atoms with Gasteiger partial charge in [0, 0.05) is 29.2 Å². The Morgan fingerprint density at radius 2 is 1.78 bits per heavy atom. The molecule has 0 radical (unpaired) electrons. The van der Waals surface area contributed by atoms with Gasteiger partial charge in [0.05, 0.1) is 16.9 Å². The normalized spacial score (nSPS) is 15.5. The van der Waals surface area contributed by atoms with Crippen molar-refractivity contribution in [1.82, 2.24) is 15.3 Å². The van der Waals surface area contributed by atoms with Gasteiger partial charge in [-0.25, -0.2) is 4.98 Å². The summed E-state index contributed by atoms with van der Waals surface area (Å²) in [5, 5.41) is 4.55. The van der Waals surface area contributed by atoms with E-state index in [2.05, 4.69) is 10.2 Å². The first-order valence-electron chi connectivity index (χ1n) is 10.6. The Morgan fingerprint density at radius 3 is 2.41 bits per heavy atom. The van der Waals surface area contributed by atoms with Gasteiger partial charge in [0.25, 0.3) is 0 Å². The van der Waals surface area contributed by atoms with E-state index in [-0.39, 0.29) is 5.91 Å². The summed E-state index contributed by atoms with van der Waals surface area (Å²) in [5.74, 6) is 0.437. The maximum Gasteiger partial charge on any atom is 0.237 e. The molecule has 0 unspecified atom stereocenters. The molecule has 1 saturated heterocycles. The van der Waals surface area contributed by atoms with Crippen molar-refractivity contribution in [1.29, 1.82) is 0 Å². The molecule has 3 aromatic rings. The average molecular weight is 470 g/mol. The van der Waals surface area contributed by atoms with Crippen molar-refractivity contribution >= 4 is 34.9 Å². The van der Waals surface area contributed by atoms with Gasteiger partial charge in [0.1, 0.15) is 17.1 Å². The highest BCUT2D eigenvalue weighted by molar-refractivity contribution is 6.33. The third kappa shape index (κ3) is 4.44. The van der Waals surface area contributed by atoms with E-state index in [9.17, 15) is 4.79 Å². The average Bonchev–Trinajstić information content (AvgIpc) is 2.80. The van der Waals surface area contributed by atoms with E-state index in [0.717, 1.165) is 22.6 Å². The zero-order valence-electron chi connectivity index (χ0n) is 17.8. The summed E-state index contributed by atoms with van der Waals surface area (Å²) < 4.78 is 0. The van der Waals surface area contributed by atoms with Crippen molar-refractivity contribution in [3.05, 3.63) is 64.8 Å². The number of aromatic nitrogens is 2. The van der Waals surface area contributed by atoms with Crippen LogP contribution in [-0.4, -0.2) is 41.0 Å². The summed E-state index contributed by atoms with van der Waals surface area (Å²) in [6, 6.07) is 15.1. The van der Waals surface area contributed by atoms with Crippen LogP contribution in [0.1, 0.15) is 19.8 Å². The second-order valence-corrected chi connectivity index (χ2v) is 8.72. The first-order chi connectivity index (χ1) is 15.4. The molecule has 0 spiro atoms. The minimum atomic E-state index is -0.673. The minimum Gasteiger partial charge on any atom is -0.368 e. The van der Waals surface area contributed by atoms with Crippen LogP contribution in [0.3, 0.4) is 0 Å². The first-order valence-corrected chi connectivity index (χ1v) is 11.4. The molecule has 1 fully saturated rings. The van der Waals surface area contributed by atoms with E-state index in [1.165, 1.54) is 0 Å². The number of rotatable bonds is 6. The number of benzene rings is 2. The van der Waals surface area contributed by atoms with Crippen molar-refractivity contribution in [3.63, 3.8) is 0 Å². The lowest BCUT2D eigenvalue weighted by molar-refractivity contribution is -0.125. The molecule has 2 heterocycles. The van der Waals surface area contributed by atoms with Crippen molar-refractivity contribution in [2.24, 2.45) is 5.73 Å². The molecule has 0 bridgehead atoms. The molecule has 3 N–H and O–H groups in total. The van der Waals surface area contributed by atoms with Crippen LogP contribution in [0.2, 0.25) is 10.0 Å². The first kappa shape index (κ1) is 22.5. The topological polar surface area (TPSA) is 84.1 Å². The number of nitrogens with one attached hydrogen (secondary N) is 1. The smallest absolute Gasteiger partial charge is 0.237 e. The van der Waals surface area contributed by atoms with Gasteiger partial charge in [-0.2, -0.15) is 0 Å². The molecule has 4 rings (SSSR count). The minimum absolute atomic E-state index is 0.306. The maximum absolute atomic E-state index is 12.1. The fraction of sp³-hybridized carbons (Fsp3) is 0.292. The number of likely N-dealkylation sites (N-methyl/N-ethyl adjacent to an activating group) is 1. The summed E-state index contributed by atoms with van der Waals surface area (Å²) in [4.78, 5) is 24.0. The van der Waals surface area contributed by atoms with Gasteiger partial charge in [-0.3, -0.25) is 9.78 Å². The van der Waals surface area contributed by atoms with Crippen LogP contribution in [0.5, 0.6) is 0 Å². The number of hydrogen-bond donors (Lipinski definition) is 2. The van der Waals surface area contributed by atoms with Crippen LogP contribution in [0.15, 0.2) is 54.7 Å². The van der Waals surface area contributed by atoms with Gasteiger partial charge in [-0.15, -0.1) is 0 Å². The number of halogens is 2. The molecule has 1 aliphatic heterocycles. The molecule has 166 valence electrons. The molecule has 6 nitrogen and oxygen atoms in total. The van der Waals surface area contributed by atoms with Crippen LogP contribution >= 0.6 is 23.2 Å². The molecule has 8 heteroatoms. The summed E-state index contributed by atoms with van der Waals surface area (Å²) in [7, 11) is 0. The number of hydrogen-bond acceptors (Lipinski definition) is 5. The number of nitrogens with two attached hydrogens (primary N) is 1. The van der Waals surface area contributed by atoms with E-state index in [1.807, 2.05) is 55.5 Å². The molecule has 1 amide bonds. The summed E-state index contributed by atoms with van der Waals surface area (Å²) in [6.07, 6.45) is 2.99. The Morgan fingerprint density at radius 1 is 1.09 bits per heavy atom. The van der Waals surface area contributed by atoms with E-state index >= 15 is 0 Å². The SMILES string of the molecule is CCNC1(C(N)=O)CCN(c2cnc(-c3ccc(Cl)cc3)c(-c3ccccc3Cl)n2)CC1. The molecular formula is C24H25Cl2N5O. The molecule has 1 aliphatic rings. The highest BCUT2D eigenvalue weighted by Crippen LogP contribution is 2.35. The number of carbonyl (C=O) groups is 1. The van der Waals surface area contributed by atoms with Gasteiger partial charge in [0.15, 0.2) is 0 Å². The third-order valence-corrected chi connectivity index (χ3v) is 6.52. The molecule has 0 saturated carbocycles. The largest absolute Gasteiger partial charge is 0.368 e. The molecule has 2 aromatic carbocycles. The Labute approximate surface area is 197 Å². The number of piperidine rings is 1. The highest BCUT2D eigenvalue weighted by atomic mass is 35.5. The fourth-order valence-electron chi connectivity index (χ4n) is 4.16. The maximum atomic E-state index is 12.1. The third-order valence-electron chi connectivity index (χ3n) is 5.93. The second-order valence-electron chi connectivity index (χ2n) is 7.88. The fourth-order valence-corrected chi connectivity index (χ4v) is 4.51. The lowest BCUT2D eigenvalue weighted by atomic mass is 9.86. The van der Waals surface area contributed by atoms with Crippen LogP contribution in [0, 0.1) is 0 Å². The lowest BCUT2D eigenvalue weighted by Crippen LogP contribution is -2.61. The Bertz CT molecular complexity index is 1110. The number of anilines is 1. The van der Waals surface area contributed by atoms with Crippen molar-refractivity contribution in [3.8, 4) is 22.5 Å². The van der Waals surface area contributed by atoms with E-state index in [0.29, 0.717) is 48.2 Å². The van der Waals surface area contributed by atoms with Crippen LogP contribution in [0.25, 0.3) is 22.5 Å². The quantitative estimate of drug-likeness (QED) is 0.552. The van der Waals surface area contributed by atoms with Gasteiger partial charge in [-0.05, 0) is 37.6 Å². The van der Waals surface area contributed by atoms with Crippen LogP contribution < -0.4 is 16.0 Å². The van der Waals surface area contributed by atoms with Crippen LogP contribution in [-0.2, 0) is 4.79 Å². The standard InChI is InChI=1S/C24H25Cl2N5O/c1-2-29-24(23(27)32)11-13-31(14-12-24)20-15-28-21(16-7-9-17(25)10-8-16)22(30-20)18-5-3-4-6-19(18)26/h3-10,15,29H,2,11-14H2,1H3,(H2,27,32). The van der Waals surface area contributed by atoms with Crippen molar-refractivity contribution in [2.45, 2.75) is 25.3 Å². The Hall–Kier alpha value is -2.67. The van der Waals surface area contributed by atoms with Crippen LogP contribution in [0.4, 0.5) is 5.82 Å². The van der Waals surface area contributed by atoms with Gasteiger partial charge in [0.2, 0.25) is 5.91 Å². The Balaban J connectivity index is 1.71. The molecule has 0 aliphatic carbocycles. The van der Waals surface area contributed by atoms with E-state index < -0.39 is 5.54 Å². The molecule has 0 atom stereocenters. The predicted molar refractivity (Wildman–Crippen MR) is 130 cm³/mol. The molecule has 1 aromatic heterocycles. The summed E-state index contributed by atoms with van der Waals surface area (Å²) in [5.41, 5.74) is 8.19. The second kappa shape index (κ2) is 9.45. The number of nitrogens with zero attached hydrogens (tertiary/aromatic N) is 3. The number of carbonyl (C=O) groups excluding carboxylic acids is 1. The Kier molecular flexibility index (Phi) is 6.65. The van der Waals surface area contributed by atoms with E-state index in [4.69, 9.17) is 38.9 Å². The monoisotopic (exact) mass is 469 g/mol. The number of primary amides is 1. The highest BCUT2D eigenvalue weighted by Gasteiger charge is 2.39. The van der Waals surface area contributed by atoms with Crippen molar-refractivity contribution in [2.75, 3.05) is 24.5 Å². The number of amides is 1. The molecular weight excluding hydrogens is 445 g/mol. The zero-order valence-corrected chi connectivity index (χ0v) is 19.3. The lowest BCUT2D eigenvalue weighted by Gasteiger charge is -2.40. The van der Waals surface area contributed by atoms with Gasteiger partial charge in [-0.1, -0.05) is 60.5 Å². The van der Waals surface area contributed by atoms with Crippen molar-refractivity contribution < 1.29 is 4.79 Å². The van der Waals surface area contributed by atoms with Gasteiger partial charge >= 0.3 is 0 Å². The van der Waals surface area contributed by atoms with Gasteiger partial charge < -0.3 is 16.0 Å². The van der Waals surface area contributed by atoms with E-state index in [1.54, 1.807) is 6.20 Å². The summed E-state index contributed by atoms with van der Waals surface area (Å²) in [6.45, 7) is 3.96. The predicted octanol–water partition coefficient (Wildman–Crippen LogP) is 4.55. The zero-order chi connectivity index (χ0) is 22.7. The molecule has 32 heavy (non-hydrogen) atoms. The summed E-state index contributed by atoms with van der Waals surface area (Å²) >= 11 is 12.6.